The minimum Gasteiger partial charge on any atom is -0.387 e. The van der Waals surface area contributed by atoms with Gasteiger partial charge in [-0.25, -0.2) is 0 Å². The van der Waals surface area contributed by atoms with Gasteiger partial charge in [0.05, 0.1) is 18.3 Å². The van der Waals surface area contributed by atoms with E-state index in [4.69, 9.17) is 10.5 Å². The molecule has 1 rings (SSSR count). The Bertz CT molecular complexity index is 182. The van der Waals surface area contributed by atoms with E-state index in [1.54, 1.807) is 0 Å². The molecule has 3 N–H and O–H groups in total. The van der Waals surface area contributed by atoms with Crippen LogP contribution in [0.5, 0.6) is 0 Å². The summed E-state index contributed by atoms with van der Waals surface area (Å²) < 4.78 is 5.50. The van der Waals surface area contributed by atoms with Gasteiger partial charge in [0.15, 0.2) is 0 Å². The summed E-state index contributed by atoms with van der Waals surface area (Å²) in [5.41, 5.74) is 4.66. The van der Waals surface area contributed by atoms with E-state index in [1.807, 2.05) is 13.8 Å². The van der Waals surface area contributed by atoms with Crippen LogP contribution in [0.3, 0.4) is 0 Å². The van der Waals surface area contributed by atoms with Crippen molar-refractivity contribution in [3.05, 3.63) is 0 Å². The summed E-state index contributed by atoms with van der Waals surface area (Å²) in [6.07, 6.45) is 1.88. The molecule has 0 aromatic rings. The number of nitrogens with two attached hydrogens (primary N) is 1. The van der Waals surface area contributed by atoms with Crippen molar-refractivity contribution in [2.24, 2.45) is 11.1 Å². The molecule has 2 atom stereocenters. The third-order valence-electron chi connectivity index (χ3n) is 3.35. The van der Waals surface area contributed by atoms with Crippen molar-refractivity contribution >= 4 is 0 Å². The SMILES string of the molecule is CCC1CC(O)(C(C)(C)CN)CO1. The van der Waals surface area contributed by atoms with Crippen LogP contribution in [-0.4, -0.2) is 30.0 Å². The molecule has 1 aliphatic heterocycles. The summed E-state index contributed by atoms with van der Waals surface area (Å²) >= 11 is 0. The monoisotopic (exact) mass is 187 g/mol. The molecular weight excluding hydrogens is 166 g/mol. The first-order chi connectivity index (χ1) is 5.95. The largest absolute Gasteiger partial charge is 0.387 e. The van der Waals surface area contributed by atoms with Crippen LogP contribution < -0.4 is 5.73 Å². The maximum atomic E-state index is 10.3. The average molecular weight is 187 g/mol. The van der Waals surface area contributed by atoms with Crippen molar-refractivity contribution in [2.45, 2.75) is 45.3 Å². The van der Waals surface area contributed by atoms with Crippen LogP contribution in [0.2, 0.25) is 0 Å². The minimum atomic E-state index is -0.734. The van der Waals surface area contributed by atoms with Gasteiger partial charge in [-0.05, 0) is 6.42 Å². The lowest BCUT2D eigenvalue weighted by Crippen LogP contribution is -2.49. The molecule has 3 heteroatoms. The second-order valence-electron chi connectivity index (χ2n) is 4.66. The Morgan fingerprint density at radius 3 is 2.62 bits per heavy atom. The van der Waals surface area contributed by atoms with E-state index >= 15 is 0 Å². The molecular formula is C10H21NO2. The molecule has 0 aromatic carbocycles. The Morgan fingerprint density at radius 1 is 1.62 bits per heavy atom. The van der Waals surface area contributed by atoms with Gasteiger partial charge in [0.25, 0.3) is 0 Å². The molecule has 0 radical (unpaired) electrons. The van der Waals surface area contributed by atoms with Gasteiger partial charge in [0, 0.05) is 18.4 Å². The molecule has 3 nitrogen and oxygen atoms in total. The van der Waals surface area contributed by atoms with Gasteiger partial charge in [-0.15, -0.1) is 0 Å². The summed E-state index contributed by atoms with van der Waals surface area (Å²) in [4.78, 5) is 0. The summed E-state index contributed by atoms with van der Waals surface area (Å²) in [6, 6.07) is 0. The van der Waals surface area contributed by atoms with Crippen molar-refractivity contribution < 1.29 is 9.84 Å². The number of aliphatic hydroxyl groups is 1. The quantitative estimate of drug-likeness (QED) is 0.690. The van der Waals surface area contributed by atoms with Crippen LogP contribution in [0.4, 0.5) is 0 Å². The van der Waals surface area contributed by atoms with Gasteiger partial charge in [-0.3, -0.25) is 0 Å². The number of hydrogen-bond acceptors (Lipinski definition) is 3. The maximum absolute atomic E-state index is 10.3. The van der Waals surface area contributed by atoms with Crippen LogP contribution in [0, 0.1) is 5.41 Å². The van der Waals surface area contributed by atoms with Crippen LogP contribution >= 0.6 is 0 Å². The van der Waals surface area contributed by atoms with Gasteiger partial charge < -0.3 is 15.6 Å². The Kier molecular flexibility index (Phi) is 3.00. The molecule has 0 bridgehead atoms. The molecule has 1 aliphatic rings. The molecule has 1 saturated heterocycles. The van der Waals surface area contributed by atoms with E-state index in [1.165, 1.54) is 0 Å². The van der Waals surface area contributed by atoms with Crippen molar-refractivity contribution in [3.8, 4) is 0 Å². The zero-order chi connectivity index (χ0) is 10.1. The van der Waals surface area contributed by atoms with E-state index < -0.39 is 5.60 Å². The zero-order valence-corrected chi connectivity index (χ0v) is 8.84. The fourth-order valence-electron chi connectivity index (χ4n) is 1.67. The summed E-state index contributed by atoms with van der Waals surface area (Å²) in [7, 11) is 0. The molecule has 0 aromatic heterocycles. The fraction of sp³-hybridized carbons (Fsp3) is 1.00. The van der Waals surface area contributed by atoms with Crippen molar-refractivity contribution in [2.75, 3.05) is 13.2 Å². The molecule has 13 heavy (non-hydrogen) atoms. The lowest BCUT2D eigenvalue weighted by Gasteiger charge is -2.37. The molecule has 0 amide bonds. The highest BCUT2D eigenvalue weighted by Crippen LogP contribution is 2.39. The van der Waals surface area contributed by atoms with Crippen molar-refractivity contribution in [1.82, 2.24) is 0 Å². The maximum Gasteiger partial charge on any atom is 0.0967 e. The second kappa shape index (κ2) is 3.56. The van der Waals surface area contributed by atoms with Gasteiger partial charge in [-0.2, -0.15) is 0 Å². The molecule has 1 heterocycles. The highest BCUT2D eigenvalue weighted by molar-refractivity contribution is 4.99. The highest BCUT2D eigenvalue weighted by atomic mass is 16.5. The van der Waals surface area contributed by atoms with Gasteiger partial charge in [0.1, 0.15) is 0 Å². The fourth-order valence-corrected chi connectivity index (χ4v) is 1.67. The molecule has 1 fully saturated rings. The number of rotatable bonds is 3. The van der Waals surface area contributed by atoms with Crippen LogP contribution in [-0.2, 0) is 4.74 Å². The topological polar surface area (TPSA) is 55.5 Å². The van der Waals surface area contributed by atoms with E-state index in [0.717, 1.165) is 6.42 Å². The predicted molar refractivity (Wildman–Crippen MR) is 52.4 cm³/mol. The molecule has 0 saturated carbocycles. The second-order valence-corrected chi connectivity index (χ2v) is 4.66. The first-order valence-corrected chi connectivity index (χ1v) is 4.99. The van der Waals surface area contributed by atoms with Crippen molar-refractivity contribution in [3.63, 3.8) is 0 Å². The molecule has 0 aliphatic carbocycles. The molecule has 2 unspecified atom stereocenters. The summed E-state index contributed by atoms with van der Waals surface area (Å²) in [5.74, 6) is 0. The third-order valence-corrected chi connectivity index (χ3v) is 3.35. The summed E-state index contributed by atoms with van der Waals surface area (Å²) in [6.45, 7) is 6.98. The Labute approximate surface area is 80.3 Å². The smallest absolute Gasteiger partial charge is 0.0967 e. The lowest BCUT2D eigenvalue weighted by molar-refractivity contribution is -0.0653. The third kappa shape index (κ3) is 1.87. The van der Waals surface area contributed by atoms with Crippen LogP contribution in [0.15, 0.2) is 0 Å². The molecule has 0 spiro atoms. The molecule has 78 valence electrons. The summed E-state index contributed by atoms with van der Waals surface area (Å²) in [5, 5.41) is 10.3. The minimum absolute atomic E-state index is 0.204. The normalized spacial score (nSPS) is 35.3. The average Bonchev–Trinajstić information content (AvgIpc) is 2.49. The Morgan fingerprint density at radius 2 is 2.23 bits per heavy atom. The van der Waals surface area contributed by atoms with Crippen molar-refractivity contribution in [1.29, 1.82) is 0 Å². The van der Waals surface area contributed by atoms with Gasteiger partial charge in [-0.1, -0.05) is 20.8 Å². The number of ether oxygens (including phenoxy) is 1. The first-order valence-electron chi connectivity index (χ1n) is 4.99. The van der Waals surface area contributed by atoms with E-state index in [2.05, 4.69) is 6.92 Å². The van der Waals surface area contributed by atoms with Gasteiger partial charge >= 0.3 is 0 Å². The van der Waals surface area contributed by atoms with Crippen LogP contribution in [0.25, 0.3) is 0 Å². The Balaban J connectivity index is 2.68. The van der Waals surface area contributed by atoms with E-state index in [0.29, 0.717) is 19.6 Å². The van der Waals surface area contributed by atoms with Crippen LogP contribution in [0.1, 0.15) is 33.6 Å². The van der Waals surface area contributed by atoms with Gasteiger partial charge in [0.2, 0.25) is 0 Å². The zero-order valence-electron chi connectivity index (χ0n) is 8.84. The first kappa shape index (κ1) is 11.0. The Hall–Kier alpha value is -0.120. The predicted octanol–water partition coefficient (Wildman–Crippen LogP) is 0.901. The van der Waals surface area contributed by atoms with E-state index in [9.17, 15) is 5.11 Å². The standard InChI is InChI=1S/C10H21NO2/c1-4-8-5-10(12,7-13-8)9(2,3)6-11/h8,12H,4-7,11H2,1-3H3. The van der Waals surface area contributed by atoms with E-state index in [-0.39, 0.29) is 11.5 Å². The number of hydrogen-bond donors (Lipinski definition) is 2. The lowest BCUT2D eigenvalue weighted by atomic mass is 9.73. The highest BCUT2D eigenvalue weighted by Gasteiger charge is 2.48.